The van der Waals surface area contributed by atoms with Gasteiger partial charge in [0.25, 0.3) is 0 Å². The molecule has 4 rings (SSSR count). The highest BCUT2D eigenvalue weighted by atomic mass is 79.9. The van der Waals surface area contributed by atoms with Crippen LogP contribution in [0.5, 0.6) is 23.0 Å². The summed E-state index contributed by atoms with van der Waals surface area (Å²) in [5.41, 5.74) is 3.03. The zero-order valence-corrected chi connectivity index (χ0v) is 19.2. The summed E-state index contributed by atoms with van der Waals surface area (Å²) in [5, 5.41) is 3.35. The van der Waals surface area contributed by atoms with Gasteiger partial charge in [0.05, 0.1) is 11.6 Å². The number of ether oxygens (including phenoxy) is 4. The second kappa shape index (κ2) is 10.7. The molecular formula is C23H22BrClFNO4. The van der Waals surface area contributed by atoms with E-state index in [0.717, 1.165) is 32.7 Å². The standard InChI is InChI=1S/C23H21BrFNO4.ClH/c1-27-22-10-17(12-26-11-15-2-5-18(25)6-3-15)8-19(24)23(22)28-13-16-4-7-20-21(9-16)30-14-29-20;/h2-10,26H,11-14H2,1H3;1H. The first-order valence-electron chi connectivity index (χ1n) is 9.45. The molecular weight excluding hydrogens is 489 g/mol. The third-order valence-corrected chi connectivity index (χ3v) is 5.27. The van der Waals surface area contributed by atoms with E-state index in [1.807, 2.05) is 30.3 Å². The summed E-state index contributed by atoms with van der Waals surface area (Å²) in [7, 11) is 1.62. The molecule has 0 bridgehead atoms. The fourth-order valence-corrected chi connectivity index (χ4v) is 3.76. The number of halogens is 3. The first-order chi connectivity index (χ1) is 14.6. The normalized spacial score (nSPS) is 11.7. The van der Waals surface area contributed by atoms with Crippen LogP contribution in [0.3, 0.4) is 0 Å². The predicted octanol–water partition coefficient (Wildman–Crippen LogP) is 5.62. The lowest BCUT2D eigenvalue weighted by Gasteiger charge is -2.15. The Morgan fingerprint density at radius 3 is 2.42 bits per heavy atom. The van der Waals surface area contributed by atoms with Gasteiger partial charge in [0, 0.05) is 13.1 Å². The lowest BCUT2D eigenvalue weighted by Crippen LogP contribution is -2.13. The molecule has 31 heavy (non-hydrogen) atoms. The van der Waals surface area contributed by atoms with E-state index < -0.39 is 0 Å². The average Bonchev–Trinajstić information content (AvgIpc) is 3.22. The highest BCUT2D eigenvalue weighted by molar-refractivity contribution is 9.10. The molecule has 0 atom stereocenters. The molecule has 164 valence electrons. The van der Waals surface area contributed by atoms with E-state index in [4.69, 9.17) is 18.9 Å². The Kier molecular flexibility index (Phi) is 8.01. The second-order valence-electron chi connectivity index (χ2n) is 6.82. The molecule has 0 saturated carbocycles. The van der Waals surface area contributed by atoms with Crippen molar-refractivity contribution in [1.29, 1.82) is 0 Å². The van der Waals surface area contributed by atoms with E-state index in [1.54, 1.807) is 19.2 Å². The van der Waals surface area contributed by atoms with Gasteiger partial charge < -0.3 is 24.3 Å². The smallest absolute Gasteiger partial charge is 0.231 e. The summed E-state index contributed by atoms with van der Waals surface area (Å²) in [4.78, 5) is 0. The van der Waals surface area contributed by atoms with Crippen LogP contribution in [0.4, 0.5) is 4.39 Å². The number of methoxy groups -OCH3 is 1. The van der Waals surface area contributed by atoms with Crippen LogP contribution in [0.1, 0.15) is 16.7 Å². The van der Waals surface area contributed by atoms with Crippen molar-refractivity contribution in [2.45, 2.75) is 19.7 Å². The quantitative estimate of drug-likeness (QED) is 0.426. The number of benzene rings is 3. The first-order valence-corrected chi connectivity index (χ1v) is 10.2. The summed E-state index contributed by atoms with van der Waals surface area (Å²) < 4.78 is 36.1. The lowest BCUT2D eigenvalue weighted by atomic mass is 10.1. The Morgan fingerprint density at radius 1 is 0.935 bits per heavy atom. The molecule has 1 N–H and O–H groups in total. The molecule has 5 nitrogen and oxygen atoms in total. The zero-order valence-electron chi connectivity index (χ0n) is 16.8. The van der Waals surface area contributed by atoms with Crippen molar-refractivity contribution in [2.24, 2.45) is 0 Å². The van der Waals surface area contributed by atoms with Crippen LogP contribution < -0.4 is 24.3 Å². The fourth-order valence-electron chi connectivity index (χ4n) is 3.16. The molecule has 3 aromatic rings. The summed E-state index contributed by atoms with van der Waals surface area (Å²) in [5.74, 6) is 2.52. The third kappa shape index (κ3) is 5.81. The van der Waals surface area contributed by atoms with Crippen LogP contribution in [-0.2, 0) is 19.7 Å². The first kappa shape index (κ1) is 23.2. The molecule has 0 aromatic heterocycles. The van der Waals surface area contributed by atoms with Crippen molar-refractivity contribution in [3.05, 3.63) is 81.6 Å². The van der Waals surface area contributed by atoms with Crippen molar-refractivity contribution in [2.75, 3.05) is 13.9 Å². The van der Waals surface area contributed by atoms with Crippen LogP contribution in [0, 0.1) is 5.82 Å². The van der Waals surface area contributed by atoms with Gasteiger partial charge in [0.2, 0.25) is 6.79 Å². The number of fused-ring (bicyclic) bond motifs is 1. The van der Waals surface area contributed by atoms with Gasteiger partial charge >= 0.3 is 0 Å². The molecule has 0 aliphatic carbocycles. The highest BCUT2D eigenvalue weighted by Gasteiger charge is 2.15. The van der Waals surface area contributed by atoms with Crippen molar-refractivity contribution >= 4 is 28.3 Å². The van der Waals surface area contributed by atoms with Crippen molar-refractivity contribution in [3.63, 3.8) is 0 Å². The Bertz CT molecular complexity index is 1030. The number of hydrogen-bond acceptors (Lipinski definition) is 5. The van der Waals surface area contributed by atoms with Crippen LogP contribution in [0.15, 0.2) is 59.1 Å². The molecule has 0 radical (unpaired) electrons. The average molecular weight is 511 g/mol. The van der Waals surface area contributed by atoms with Gasteiger partial charge in [-0.05, 0) is 69.0 Å². The largest absolute Gasteiger partial charge is 0.493 e. The molecule has 0 spiro atoms. The SMILES string of the molecule is COc1cc(CNCc2ccc(F)cc2)cc(Br)c1OCc1ccc2c(c1)OCO2.Cl. The molecule has 3 aromatic carbocycles. The Hall–Kier alpha value is -2.48. The minimum atomic E-state index is -0.233. The lowest BCUT2D eigenvalue weighted by molar-refractivity contribution is 0.174. The molecule has 0 amide bonds. The molecule has 8 heteroatoms. The van der Waals surface area contributed by atoms with Crippen molar-refractivity contribution in [3.8, 4) is 23.0 Å². The summed E-state index contributed by atoms with van der Waals surface area (Å²) in [6.07, 6.45) is 0. The monoisotopic (exact) mass is 509 g/mol. The Labute approximate surface area is 195 Å². The van der Waals surface area contributed by atoms with Gasteiger partial charge in [0.15, 0.2) is 23.0 Å². The van der Waals surface area contributed by atoms with Crippen LogP contribution >= 0.6 is 28.3 Å². The van der Waals surface area contributed by atoms with Crippen molar-refractivity contribution in [1.82, 2.24) is 5.32 Å². The van der Waals surface area contributed by atoms with E-state index in [-0.39, 0.29) is 25.0 Å². The van der Waals surface area contributed by atoms with Gasteiger partial charge in [-0.3, -0.25) is 0 Å². The van der Waals surface area contributed by atoms with E-state index in [0.29, 0.717) is 31.2 Å². The van der Waals surface area contributed by atoms with Crippen LogP contribution in [-0.4, -0.2) is 13.9 Å². The molecule has 0 unspecified atom stereocenters. The summed E-state index contributed by atoms with van der Waals surface area (Å²) >= 11 is 3.59. The predicted molar refractivity (Wildman–Crippen MR) is 122 cm³/mol. The molecule has 0 fully saturated rings. The summed E-state index contributed by atoms with van der Waals surface area (Å²) in [6.45, 7) is 1.89. The number of hydrogen-bond donors (Lipinski definition) is 1. The second-order valence-corrected chi connectivity index (χ2v) is 7.67. The van der Waals surface area contributed by atoms with Gasteiger partial charge in [-0.25, -0.2) is 4.39 Å². The molecule has 1 aliphatic heterocycles. The molecule has 1 aliphatic rings. The fraction of sp³-hybridized carbons (Fsp3) is 0.217. The highest BCUT2D eigenvalue weighted by Crippen LogP contribution is 2.38. The van der Waals surface area contributed by atoms with Crippen LogP contribution in [0.2, 0.25) is 0 Å². The Balaban J connectivity index is 0.00000272. The number of nitrogens with one attached hydrogen (secondary N) is 1. The van der Waals surface area contributed by atoms with Crippen LogP contribution in [0.25, 0.3) is 0 Å². The number of rotatable bonds is 8. The minimum absolute atomic E-state index is 0. The maximum absolute atomic E-state index is 13.0. The topological polar surface area (TPSA) is 49.0 Å². The van der Waals surface area contributed by atoms with E-state index in [2.05, 4.69) is 21.2 Å². The van der Waals surface area contributed by atoms with Crippen molar-refractivity contribution < 1.29 is 23.3 Å². The van der Waals surface area contributed by atoms with Gasteiger partial charge in [0.1, 0.15) is 12.4 Å². The summed E-state index contributed by atoms with van der Waals surface area (Å²) in [6, 6.07) is 16.1. The van der Waals surface area contributed by atoms with Gasteiger partial charge in [-0.2, -0.15) is 0 Å². The van der Waals surface area contributed by atoms with Gasteiger partial charge in [-0.1, -0.05) is 18.2 Å². The molecule has 0 saturated heterocycles. The Morgan fingerprint density at radius 2 is 1.65 bits per heavy atom. The third-order valence-electron chi connectivity index (χ3n) is 4.68. The molecule has 1 heterocycles. The van der Waals surface area contributed by atoms with E-state index >= 15 is 0 Å². The minimum Gasteiger partial charge on any atom is -0.493 e. The van der Waals surface area contributed by atoms with Gasteiger partial charge in [-0.15, -0.1) is 12.4 Å². The maximum atomic E-state index is 13.0. The maximum Gasteiger partial charge on any atom is 0.231 e. The van der Waals surface area contributed by atoms with E-state index in [1.165, 1.54) is 12.1 Å². The zero-order chi connectivity index (χ0) is 20.9. The van der Waals surface area contributed by atoms with E-state index in [9.17, 15) is 4.39 Å².